The third kappa shape index (κ3) is 4.44. The van der Waals surface area contributed by atoms with Crippen molar-refractivity contribution in [1.82, 2.24) is 19.4 Å². The number of alkyl halides is 3. The molecule has 0 aliphatic carbocycles. The van der Waals surface area contributed by atoms with Crippen molar-refractivity contribution in [3.63, 3.8) is 0 Å². The van der Waals surface area contributed by atoms with E-state index < -0.39 is 11.7 Å². The number of likely N-dealkylation sites (tertiary alicyclic amines) is 1. The van der Waals surface area contributed by atoms with E-state index in [0.717, 1.165) is 54.3 Å². The van der Waals surface area contributed by atoms with Crippen molar-refractivity contribution in [3.8, 4) is 11.1 Å². The molecule has 2 aliphatic heterocycles. The standard InChI is InChI=1S/C28H30F3N5O/c1-3-35-10-7-20(8-11-35)37-21-16-36(17-21)27-24(28(29,30)31)12-19(14-33-27)18-4-5-22-23-15-32-9-6-25(23)34(2)26(22)13-18/h4-6,9,12-15,20-21H,3,7-8,10-11,16-17H2,1-2H3. The Kier molecular flexibility index (Phi) is 6.07. The fraction of sp³-hybridized carbons (Fsp3) is 0.429. The highest BCUT2D eigenvalue weighted by atomic mass is 19.4. The summed E-state index contributed by atoms with van der Waals surface area (Å²) in [7, 11) is 1.95. The predicted molar refractivity (Wildman–Crippen MR) is 139 cm³/mol. The third-order valence-corrected chi connectivity index (χ3v) is 7.83. The number of piperidine rings is 1. The van der Waals surface area contributed by atoms with Gasteiger partial charge in [0.05, 0.1) is 23.3 Å². The first kappa shape index (κ1) is 24.2. The summed E-state index contributed by atoms with van der Waals surface area (Å²) in [5.41, 5.74) is 2.39. The smallest absolute Gasteiger partial charge is 0.371 e. The van der Waals surface area contributed by atoms with Gasteiger partial charge in [-0.05, 0) is 43.1 Å². The van der Waals surface area contributed by atoms with Gasteiger partial charge in [0.25, 0.3) is 0 Å². The molecule has 4 aromatic rings. The maximum absolute atomic E-state index is 14.1. The lowest BCUT2D eigenvalue weighted by atomic mass is 10.0. The average molecular weight is 510 g/mol. The molecular weight excluding hydrogens is 479 g/mol. The van der Waals surface area contributed by atoms with Crippen LogP contribution >= 0.6 is 0 Å². The van der Waals surface area contributed by atoms with Crippen LogP contribution in [0.1, 0.15) is 25.3 Å². The molecule has 9 heteroatoms. The highest BCUT2D eigenvalue weighted by molar-refractivity contribution is 6.08. The molecule has 37 heavy (non-hydrogen) atoms. The van der Waals surface area contributed by atoms with E-state index in [1.807, 2.05) is 42.1 Å². The number of fused-ring (bicyclic) bond motifs is 3. The van der Waals surface area contributed by atoms with Crippen molar-refractivity contribution < 1.29 is 17.9 Å². The highest BCUT2D eigenvalue weighted by Crippen LogP contribution is 2.40. The van der Waals surface area contributed by atoms with E-state index in [-0.39, 0.29) is 18.0 Å². The first-order valence-electron chi connectivity index (χ1n) is 12.8. The second-order valence-electron chi connectivity index (χ2n) is 10.1. The molecule has 0 saturated carbocycles. The van der Waals surface area contributed by atoms with E-state index in [4.69, 9.17) is 4.74 Å². The first-order chi connectivity index (χ1) is 17.8. The first-order valence-corrected chi connectivity index (χ1v) is 12.8. The van der Waals surface area contributed by atoms with Crippen LogP contribution in [0.3, 0.4) is 0 Å². The molecule has 0 amide bonds. The van der Waals surface area contributed by atoms with E-state index in [1.165, 1.54) is 6.07 Å². The summed E-state index contributed by atoms with van der Waals surface area (Å²) in [6.07, 6.45) is 2.67. The fourth-order valence-electron chi connectivity index (χ4n) is 5.64. The molecule has 6 rings (SSSR count). The number of pyridine rings is 2. The number of benzene rings is 1. The van der Waals surface area contributed by atoms with Crippen molar-refractivity contribution in [1.29, 1.82) is 0 Å². The van der Waals surface area contributed by atoms with Crippen molar-refractivity contribution >= 4 is 27.6 Å². The van der Waals surface area contributed by atoms with Crippen LogP contribution < -0.4 is 4.90 Å². The number of ether oxygens (including phenoxy) is 1. The van der Waals surface area contributed by atoms with E-state index in [9.17, 15) is 13.2 Å². The second kappa shape index (κ2) is 9.29. The van der Waals surface area contributed by atoms with Gasteiger partial charge in [-0.2, -0.15) is 13.2 Å². The van der Waals surface area contributed by atoms with Gasteiger partial charge in [0, 0.05) is 73.7 Å². The lowest BCUT2D eigenvalue weighted by molar-refractivity contribution is -0.137. The van der Waals surface area contributed by atoms with Gasteiger partial charge >= 0.3 is 6.18 Å². The minimum atomic E-state index is -4.51. The Hall–Kier alpha value is -3.17. The number of rotatable bonds is 5. The monoisotopic (exact) mass is 509 g/mol. The summed E-state index contributed by atoms with van der Waals surface area (Å²) >= 11 is 0. The molecule has 3 aromatic heterocycles. The largest absolute Gasteiger partial charge is 0.419 e. The van der Waals surface area contributed by atoms with Crippen molar-refractivity contribution in [3.05, 3.63) is 54.5 Å². The molecule has 2 saturated heterocycles. The maximum Gasteiger partial charge on any atom is 0.419 e. The molecule has 1 aromatic carbocycles. The predicted octanol–water partition coefficient (Wildman–Crippen LogP) is 5.50. The molecule has 0 atom stereocenters. The number of hydrogen-bond donors (Lipinski definition) is 0. The van der Waals surface area contributed by atoms with E-state index in [2.05, 4.69) is 21.8 Å². The van der Waals surface area contributed by atoms with Gasteiger partial charge in [0.2, 0.25) is 0 Å². The SMILES string of the molecule is CCN1CCC(OC2CN(c3ncc(-c4ccc5c6cnccc6n(C)c5c4)cc3C(F)(F)F)C2)CC1. The Morgan fingerprint density at radius 2 is 1.73 bits per heavy atom. The van der Waals surface area contributed by atoms with Gasteiger partial charge in [-0.1, -0.05) is 19.1 Å². The maximum atomic E-state index is 14.1. The van der Waals surface area contributed by atoms with Crippen LogP contribution in [0.4, 0.5) is 19.0 Å². The van der Waals surface area contributed by atoms with E-state index in [1.54, 1.807) is 17.3 Å². The highest BCUT2D eigenvalue weighted by Gasteiger charge is 2.40. The third-order valence-electron chi connectivity index (χ3n) is 7.83. The molecule has 6 nitrogen and oxygen atoms in total. The minimum absolute atomic E-state index is 0.0198. The topological polar surface area (TPSA) is 46.4 Å². The zero-order chi connectivity index (χ0) is 25.7. The summed E-state index contributed by atoms with van der Waals surface area (Å²) in [6, 6.07) is 8.87. The summed E-state index contributed by atoms with van der Waals surface area (Å²) in [4.78, 5) is 12.6. The Bertz CT molecular complexity index is 1440. The Morgan fingerprint density at radius 3 is 2.46 bits per heavy atom. The van der Waals surface area contributed by atoms with Gasteiger partial charge in [-0.25, -0.2) is 4.98 Å². The zero-order valence-corrected chi connectivity index (χ0v) is 21.0. The Balaban J connectivity index is 1.23. The zero-order valence-electron chi connectivity index (χ0n) is 21.0. The van der Waals surface area contributed by atoms with E-state index in [0.29, 0.717) is 24.2 Å². The summed E-state index contributed by atoms with van der Waals surface area (Å²) < 4.78 is 50.7. The summed E-state index contributed by atoms with van der Waals surface area (Å²) in [5.74, 6) is -0.0198. The number of hydrogen-bond acceptors (Lipinski definition) is 5. The molecular formula is C28H30F3N5O. The van der Waals surface area contributed by atoms with Crippen molar-refractivity contribution in [2.45, 2.75) is 38.1 Å². The lowest BCUT2D eigenvalue weighted by Gasteiger charge is -2.43. The van der Waals surface area contributed by atoms with Crippen LogP contribution in [0.2, 0.25) is 0 Å². The molecule has 0 bridgehead atoms. The van der Waals surface area contributed by atoms with Gasteiger partial charge < -0.3 is 19.1 Å². The Labute approximate surface area is 213 Å². The van der Waals surface area contributed by atoms with Gasteiger partial charge in [-0.3, -0.25) is 4.98 Å². The molecule has 0 spiro atoms. The number of halogens is 3. The van der Waals surface area contributed by atoms with Crippen LogP contribution in [0.5, 0.6) is 0 Å². The molecule has 194 valence electrons. The second-order valence-corrected chi connectivity index (χ2v) is 10.1. The average Bonchev–Trinajstić information content (AvgIpc) is 3.17. The molecule has 5 heterocycles. The fourth-order valence-corrected chi connectivity index (χ4v) is 5.64. The minimum Gasteiger partial charge on any atom is -0.371 e. The molecule has 0 N–H and O–H groups in total. The number of anilines is 1. The van der Waals surface area contributed by atoms with Crippen LogP contribution in [0.15, 0.2) is 48.9 Å². The summed E-state index contributed by atoms with van der Waals surface area (Å²) in [5, 5.41) is 2.03. The van der Waals surface area contributed by atoms with Crippen LogP contribution in [0, 0.1) is 0 Å². The number of aromatic nitrogens is 3. The number of nitrogens with zero attached hydrogens (tertiary/aromatic N) is 5. The van der Waals surface area contributed by atoms with Gasteiger partial charge in [-0.15, -0.1) is 0 Å². The van der Waals surface area contributed by atoms with Crippen LogP contribution in [-0.4, -0.2) is 64.4 Å². The normalized spacial score (nSPS) is 18.1. The molecule has 0 unspecified atom stereocenters. The molecule has 0 radical (unpaired) electrons. The van der Waals surface area contributed by atoms with Crippen LogP contribution in [-0.2, 0) is 18.0 Å². The lowest BCUT2D eigenvalue weighted by Crippen LogP contribution is -2.55. The quantitative estimate of drug-likeness (QED) is 0.356. The molecule has 2 fully saturated rings. The van der Waals surface area contributed by atoms with E-state index >= 15 is 0 Å². The Morgan fingerprint density at radius 1 is 0.946 bits per heavy atom. The molecule has 2 aliphatic rings. The van der Waals surface area contributed by atoms with Gasteiger partial charge in [0.1, 0.15) is 5.82 Å². The van der Waals surface area contributed by atoms with Crippen LogP contribution in [0.25, 0.3) is 32.9 Å². The van der Waals surface area contributed by atoms with Gasteiger partial charge in [0.15, 0.2) is 0 Å². The number of aryl methyl sites for hydroxylation is 1. The van der Waals surface area contributed by atoms with Crippen molar-refractivity contribution in [2.24, 2.45) is 7.05 Å². The van der Waals surface area contributed by atoms with Crippen molar-refractivity contribution in [2.75, 3.05) is 37.6 Å². The summed E-state index contributed by atoms with van der Waals surface area (Å²) in [6.45, 7) is 6.08.